The summed E-state index contributed by atoms with van der Waals surface area (Å²) in [6.07, 6.45) is 1.91. The van der Waals surface area contributed by atoms with Gasteiger partial charge in [-0.15, -0.1) is 0 Å². The first-order valence-corrected chi connectivity index (χ1v) is 5.38. The zero-order valence-electron chi connectivity index (χ0n) is 9.58. The third kappa shape index (κ3) is 1.65. The zero-order valence-corrected chi connectivity index (χ0v) is 9.58. The first-order valence-electron chi connectivity index (χ1n) is 5.38. The molecule has 1 aliphatic heterocycles. The van der Waals surface area contributed by atoms with Crippen LogP contribution in [0.25, 0.3) is 0 Å². The highest BCUT2D eigenvalue weighted by molar-refractivity contribution is 5.98. The second kappa shape index (κ2) is 3.37. The summed E-state index contributed by atoms with van der Waals surface area (Å²) >= 11 is 0. The summed E-state index contributed by atoms with van der Waals surface area (Å²) < 4.78 is 0. The maximum absolute atomic E-state index is 12.2. The Kier molecular flexibility index (Phi) is 2.29. The average molecular weight is 203 g/mol. The van der Waals surface area contributed by atoms with Crippen LogP contribution in [0.1, 0.15) is 25.8 Å². The predicted octanol–water partition coefficient (Wildman–Crippen LogP) is 2.62. The van der Waals surface area contributed by atoms with E-state index in [1.807, 2.05) is 39.1 Å². The van der Waals surface area contributed by atoms with Crippen LogP contribution in [-0.4, -0.2) is 13.0 Å². The van der Waals surface area contributed by atoms with Gasteiger partial charge in [0.1, 0.15) is 0 Å². The van der Waals surface area contributed by atoms with Crippen molar-refractivity contribution in [1.29, 1.82) is 0 Å². The van der Waals surface area contributed by atoms with Crippen molar-refractivity contribution in [3.05, 3.63) is 29.8 Å². The highest BCUT2D eigenvalue weighted by Gasteiger charge is 2.34. The Morgan fingerprint density at radius 2 is 1.93 bits per heavy atom. The highest BCUT2D eigenvalue weighted by Crippen LogP contribution is 2.34. The van der Waals surface area contributed by atoms with Crippen LogP contribution in [0, 0.1) is 5.41 Å². The lowest BCUT2D eigenvalue weighted by atomic mass is 9.86. The number of para-hydroxylation sites is 1. The molecule has 80 valence electrons. The van der Waals surface area contributed by atoms with Gasteiger partial charge < -0.3 is 4.90 Å². The van der Waals surface area contributed by atoms with Gasteiger partial charge in [-0.2, -0.15) is 0 Å². The number of carbonyl (C=O) groups is 1. The van der Waals surface area contributed by atoms with Gasteiger partial charge in [0.15, 0.2) is 0 Å². The molecule has 0 saturated heterocycles. The predicted molar refractivity (Wildman–Crippen MR) is 62.0 cm³/mol. The van der Waals surface area contributed by atoms with Crippen molar-refractivity contribution >= 4 is 11.6 Å². The van der Waals surface area contributed by atoms with Crippen LogP contribution < -0.4 is 4.90 Å². The van der Waals surface area contributed by atoms with E-state index in [-0.39, 0.29) is 11.3 Å². The quantitative estimate of drug-likeness (QED) is 0.634. The fraction of sp³-hybridized carbons (Fsp3) is 0.462. The summed E-state index contributed by atoms with van der Waals surface area (Å²) in [6, 6.07) is 8.16. The van der Waals surface area contributed by atoms with Gasteiger partial charge in [0.2, 0.25) is 5.91 Å². The van der Waals surface area contributed by atoms with Crippen LogP contribution in [0.5, 0.6) is 0 Å². The topological polar surface area (TPSA) is 20.3 Å². The number of anilines is 1. The Hall–Kier alpha value is -1.31. The molecule has 0 aliphatic carbocycles. The van der Waals surface area contributed by atoms with E-state index in [1.54, 1.807) is 4.90 Å². The molecule has 0 atom stereocenters. The third-order valence-corrected chi connectivity index (χ3v) is 3.26. The lowest BCUT2D eigenvalue weighted by molar-refractivity contribution is -0.126. The van der Waals surface area contributed by atoms with Crippen LogP contribution in [0.4, 0.5) is 5.69 Å². The fourth-order valence-corrected chi connectivity index (χ4v) is 2.17. The lowest BCUT2D eigenvalue weighted by Gasteiger charge is -2.26. The number of hydrogen-bond acceptors (Lipinski definition) is 1. The molecule has 1 aromatic rings. The summed E-state index contributed by atoms with van der Waals surface area (Å²) in [4.78, 5) is 13.9. The third-order valence-electron chi connectivity index (χ3n) is 3.26. The molecule has 1 heterocycles. The van der Waals surface area contributed by atoms with E-state index < -0.39 is 0 Å². The van der Waals surface area contributed by atoms with Crippen molar-refractivity contribution in [2.75, 3.05) is 11.9 Å². The van der Waals surface area contributed by atoms with Crippen molar-refractivity contribution in [2.45, 2.75) is 26.7 Å². The minimum absolute atomic E-state index is 0.215. The fourth-order valence-electron chi connectivity index (χ4n) is 2.17. The van der Waals surface area contributed by atoms with E-state index in [4.69, 9.17) is 0 Å². The summed E-state index contributed by atoms with van der Waals surface area (Å²) in [5.41, 5.74) is 2.10. The minimum atomic E-state index is -0.242. The van der Waals surface area contributed by atoms with Gasteiger partial charge in [0.25, 0.3) is 0 Å². The van der Waals surface area contributed by atoms with Gasteiger partial charge in [-0.25, -0.2) is 0 Å². The molecule has 0 radical (unpaired) electrons. The minimum Gasteiger partial charge on any atom is -0.315 e. The zero-order chi connectivity index (χ0) is 11.1. The van der Waals surface area contributed by atoms with Crippen LogP contribution in [0.3, 0.4) is 0 Å². The van der Waals surface area contributed by atoms with Crippen molar-refractivity contribution in [3.8, 4) is 0 Å². The molecule has 1 amide bonds. The molecule has 0 aromatic heterocycles. The van der Waals surface area contributed by atoms with E-state index in [0.29, 0.717) is 0 Å². The van der Waals surface area contributed by atoms with Gasteiger partial charge in [-0.05, 0) is 24.5 Å². The first kappa shape index (κ1) is 10.2. The van der Waals surface area contributed by atoms with Crippen molar-refractivity contribution in [2.24, 2.45) is 5.41 Å². The van der Waals surface area contributed by atoms with Gasteiger partial charge in [0, 0.05) is 18.2 Å². The Morgan fingerprint density at radius 3 is 2.67 bits per heavy atom. The lowest BCUT2D eigenvalue weighted by Crippen LogP contribution is -2.37. The van der Waals surface area contributed by atoms with Crippen LogP contribution in [0.15, 0.2) is 24.3 Å². The van der Waals surface area contributed by atoms with Crippen molar-refractivity contribution in [1.82, 2.24) is 0 Å². The summed E-state index contributed by atoms with van der Waals surface area (Å²) in [5.74, 6) is 0.215. The number of carbonyl (C=O) groups excluding carboxylic acids is 1. The number of rotatable bonds is 0. The normalized spacial score (nSPS) is 19.7. The van der Waals surface area contributed by atoms with Crippen LogP contribution >= 0.6 is 0 Å². The number of nitrogens with zero attached hydrogens (tertiary/aromatic N) is 1. The van der Waals surface area contributed by atoms with Crippen LogP contribution in [-0.2, 0) is 11.2 Å². The molecule has 0 spiro atoms. The molecule has 0 fully saturated rings. The first-order chi connectivity index (χ1) is 7.02. The Morgan fingerprint density at radius 1 is 1.27 bits per heavy atom. The molecule has 0 saturated carbocycles. The molecule has 2 nitrogen and oxygen atoms in total. The van der Waals surface area contributed by atoms with Crippen molar-refractivity contribution < 1.29 is 4.79 Å². The van der Waals surface area contributed by atoms with Gasteiger partial charge in [0.05, 0.1) is 0 Å². The largest absolute Gasteiger partial charge is 0.315 e. The summed E-state index contributed by atoms with van der Waals surface area (Å²) in [6.45, 7) is 4.05. The van der Waals surface area contributed by atoms with E-state index in [2.05, 4.69) is 6.07 Å². The van der Waals surface area contributed by atoms with E-state index in [1.165, 1.54) is 5.56 Å². The summed E-state index contributed by atoms with van der Waals surface area (Å²) in [5, 5.41) is 0. The molecule has 0 unspecified atom stereocenters. The molecule has 15 heavy (non-hydrogen) atoms. The molecule has 0 bridgehead atoms. The van der Waals surface area contributed by atoms with Crippen LogP contribution in [0.2, 0.25) is 0 Å². The number of fused-ring (bicyclic) bond motifs is 1. The molecule has 1 aliphatic rings. The second-order valence-electron chi connectivity index (χ2n) is 4.88. The van der Waals surface area contributed by atoms with Gasteiger partial charge in [-0.3, -0.25) is 4.79 Å². The average Bonchev–Trinajstić information content (AvgIpc) is 2.31. The number of benzene rings is 1. The molecule has 2 heteroatoms. The maximum Gasteiger partial charge on any atom is 0.232 e. The number of aryl methyl sites for hydroxylation is 1. The van der Waals surface area contributed by atoms with Gasteiger partial charge >= 0.3 is 0 Å². The van der Waals surface area contributed by atoms with E-state index >= 15 is 0 Å². The van der Waals surface area contributed by atoms with E-state index in [9.17, 15) is 4.79 Å². The highest BCUT2D eigenvalue weighted by atomic mass is 16.2. The summed E-state index contributed by atoms with van der Waals surface area (Å²) in [7, 11) is 1.87. The SMILES string of the molecule is CN1C(=O)C(C)(C)CCc2ccccc21. The molecular formula is C13H17NO. The smallest absolute Gasteiger partial charge is 0.232 e. The van der Waals surface area contributed by atoms with Gasteiger partial charge in [-0.1, -0.05) is 32.0 Å². The molecule has 0 N–H and O–H groups in total. The van der Waals surface area contributed by atoms with E-state index in [0.717, 1.165) is 18.5 Å². The van der Waals surface area contributed by atoms with Crippen molar-refractivity contribution in [3.63, 3.8) is 0 Å². The standard InChI is InChI=1S/C13H17NO/c1-13(2)9-8-10-6-4-5-7-11(10)14(3)12(13)15/h4-7H,8-9H2,1-3H3. The molecular weight excluding hydrogens is 186 g/mol. The molecule has 2 rings (SSSR count). The molecule has 1 aromatic carbocycles. The Bertz CT molecular complexity index is 395. The Labute approximate surface area is 90.9 Å². The monoisotopic (exact) mass is 203 g/mol. The Balaban J connectivity index is 2.48. The number of hydrogen-bond donors (Lipinski definition) is 0. The maximum atomic E-state index is 12.2. The second-order valence-corrected chi connectivity index (χ2v) is 4.88. The number of amides is 1.